The van der Waals surface area contributed by atoms with E-state index in [2.05, 4.69) is 15.2 Å². The number of nitrogens with zero attached hydrogens (tertiary/aromatic N) is 3. The highest BCUT2D eigenvalue weighted by Gasteiger charge is 2.30. The van der Waals surface area contributed by atoms with Gasteiger partial charge in [0.25, 0.3) is 0 Å². The summed E-state index contributed by atoms with van der Waals surface area (Å²) in [5, 5.41) is 6.83. The van der Waals surface area contributed by atoms with Crippen LogP contribution in [0, 0.1) is 0 Å². The molecule has 0 aliphatic heterocycles. The number of rotatable bonds is 1. The molecule has 2 rings (SSSR count). The van der Waals surface area contributed by atoms with Gasteiger partial charge in [-0.05, 0) is 23.7 Å². The van der Waals surface area contributed by atoms with Crippen molar-refractivity contribution < 1.29 is 13.2 Å². The number of alkyl halides is 3. The van der Waals surface area contributed by atoms with E-state index in [4.69, 9.17) is 11.6 Å². The molecule has 0 fully saturated rings. The van der Waals surface area contributed by atoms with Crippen LogP contribution in [0.2, 0.25) is 5.28 Å². The topological polar surface area (TPSA) is 38.7 Å². The second kappa shape index (κ2) is 4.29. The normalized spacial score (nSPS) is 11.5. The molecule has 7 heteroatoms. The van der Waals surface area contributed by atoms with Crippen LogP contribution in [-0.2, 0) is 6.18 Å². The van der Waals surface area contributed by atoms with Crippen molar-refractivity contribution in [2.45, 2.75) is 6.18 Å². The Morgan fingerprint density at radius 1 is 1.18 bits per heavy atom. The summed E-state index contributed by atoms with van der Waals surface area (Å²) < 4.78 is 37.5. The Hall–Kier alpha value is -1.69. The maximum atomic E-state index is 12.5. The highest BCUT2D eigenvalue weighted by atomic mass is 35.5. The van der Waals surface area contributed by atoms with Gasteiger partial charge in [0, 0.05) is 5.56 Å². The van der Waals surface area contributed by atoms with Gasteiger partial charge in [0.2, 0.25) is 5.28 Å². The molecule has 3 nitrogen and oxygen atoms in total. The molecule has 0 unspecified atom stereocenters. The van der Waals surface area contributed by atoms with Crippen LogP contribution in [-0.4, -0.2) is 15.2 Å². The first-order valence-corrected chi connectivity index (χ1v) is 4.87. The molecule has 0 spiro atoms. The van der Waals surface area contributed by atoms with Crippen molar-refractivity contribution >= 4 is 11.6 Å². The van der Waals surface area contributed by atoms with Gasteiger partial charge in [0.15, 0.2) is 0 Å². The smallest absolute Gasteiger partial charge is 0.215 e. The SMILES string of the molecule is FC(F)(F)c1cccc(-c2cnnc(Cl)n2)c1. The van der Waals surface area contributed by atoms with E-state index in [1.54, 1.807) is 0 Å². The Balaban J connectivity index is 2.47. The lowest BCUT2D eigenvalue weighted by molar-refractivity contribution is -0.137. The van der Waals surface area contributed by atoms with E-state index in [1.807, 2.05) is 0 Å². The highest BCUT2D eigenvalue weighted by Crippen LogP contribution is 2.31. The van der Waals surface area contributed by atoms with Crippen molar-refractivity contribution in [1.29, 1.82) is 0 Å². The minimum Gasteiger partial charge on any atom is -0.215 e. The molecule has 0 radical (unpaired) electrons. The van der Waals surface area contributed by atoms with Gasteiger partial charge in [0.1, 0.15) is 0 Å². The van der Waals surface area contributed by atoms with Crippen LogP contribution in [0.25, 0.3) is 11.3 Å². The summed E-state index contributed by atoms with van der Waals surface area (Å²) in [6.07, 6.45) is -3.14. The summed E-state index contributed by atoms with van der Waals surface area (Å²) in [4.78, 5) is 3.79. The van der Waals surface area contributed by atoms with Gasteiger partial charge < -0.3 is 0 Å². The first kappa shape index (κ1) is 11.8. The van der Waals surface area contributed by atoms with Gasteiger partial charge in [-0.15, -0.1) is 5.10 Å². The number of halogens is 4. The monoisotopic (exact) mass is 259 g/mol. The second-order valence-electron chi connectivity index (χ2n) is 3.19. The molecule has 0 atom stereocenters. The van der Waals surface area contributed by atoms with Crippen LogP contribution in [0.3, 0.4) is 0 Å². The molecular formula is C10H5ClF3N3. The van der Waals surface area contributed by atoms with Crippen LogP contribution in [0.15, 0.2) is 30.5 Å². The summed E-state index contributed by atoms with van der Waals surface area (Å²) in [5.74, 6) is 0. The largest absolute Gasteiger partial charge is 0.416 e. The van der Waals surface area contributed by atoms with Crippen molar-refractivity contribution in [3.63, 3.8) is 0 Å². The van der Waals surface area contributed by atoms with E-state index in [-0.39, 0.29) is 16.5 Å². The lowest BCUT2D eigenvalue weighted by Crippen LogP contribution is -2.04. The molecular weight excluding hydrogens is 255 g/mol. The van der Waals surface area contributed by atoms with Gasteiger partial charge in [-0.3, -0.25) is 0 Å². The molecule has 0 saturated heterocycles. The zero-order valence-corrected chi connectivity index (χ0v) is 9.00. The van der Waals surface area contributed by atoms with Gasteiger partial charge >= 0.3 is 6.18 Å². The van der Waals surface area contributed by atoms with E-state index in [0.29, 0.717) is 0 Å². The fraction of sp³-hybridized carbons (Fsp3) is 0.100. The van der Waals surface area contributed by atoms with Crippen LogP contribution in [0.5, 0.6) is 0 Å². The molecule has 0 amide bonds. The fourth-order valence-electron chi connectivity index (χ4n) is 1.28. The Morgan fingerprint density at radius 3 is 2.59 bits per heavy atom. The summed E-state index contributed by atoms with van der Waals surface area (Å²) >= 11 is 5.52. The van der Waals surface area contributed by atoms with Crippen LogP contribution in [0.4, 0.5) is 13.2 Å². The molecule has 2 aromatic rings. The van der Waals surface area contributed by atoms with Crippen molar-refractivity contribution in [2.75, 3.05) is 0 Å². The lowest BCUT2D eigenvalue weighted by atomic mass is 10.1. The van der Waals surface area contributed by atoms with Gasteiger partial charge in [0.05, 0.1) is 17.5 Å². The quantitative estimate of drug-likeness (QED) is 0.789. The Morgan fingerprint density at radius 2 is 1.94 bits per heavy atom. The van der Waals surface area contributed by atoms with Crippen molar-refractivity contribution in [3.05, 3.63) is 41.3 Å². The Bertz CT molecular complexity index is 542. The molecule has 0 saturated carbocycles. The molecule has 17 heavy (non-hydrogen) atoms. The summed E-state index contributed by atoms with van der Waals surface area (Å²) in [5.41, 5.74) is -0.211. The van der Waals surface area contributed by atoms with E-state index in [9.17, 15) is 13.2 Å². The maximum absolute atomic E-state index is 12.5. The third-order valence-corrected chi connectivity index (χ3v) is 2.18. The summed E-state index contributed by atoms with van der Waals surface area (Å²) in [6, 6.07) is 4.77. The summed E-state index contributed by atoms with van der Waals surface area (Å²) in [6.45, 7) is 0. The second-order valence-corrected chi connectivity index (χ2v) is 3.53. The third-order valence-electron chi connectivity index (χ3n) is 2.02. The van der Waals surface area contributed by atoms with Crippen LogP contribution >= 0.6 is 11.6 Å². The van der Waals surface area contributed by atoms with Gasteiger partial charge in [-0.1, -0.05) is 12.1 Å². The Labute approximate surface area is 99.3 Å². The molecule has 1 aromatic carbocycles. The molecule has 0 aliphatic carbocycles. The maximum Gasteiger partial charge on any atom is 0.416 e. The lowest BCUT2D eigenvalue weighted by Gasteiger charge is -2.07. The van der Waals surface area contributed by atoms with E-state index in [0.717, 1.165) is 12.1 Å². The average Bonchev–Trinajstić information content (AvgIpc) is 2.28. The average molecular weight is 260 g/mol. The van der Waals surface area contributed by atoms with E-state index >= 15 is 0 Å². The molecule has 88 valence electrons. The van der Waals surface area contributed by atoms with E-state index in [1.165, 1.54) is 18.3 Å². The Kier molecular flexibility index (Phi) is 2.97. The minimum atomic E-state index is -4.39. The zero-order valence-electron chi connectivity index (χ0n) is 8.24. The van der Waals surface area contributed by atoms with Crippen molar-refractivity contribution in [3.8, 4) is 11.3 Å². The van der Waals surface area contributed by atoms with E-state index < -0.39 is 11.7 Å². The van der Waals surface area contributed by atoms with Gasteiger partial charge in [-0.25, -0.2) is 4.98 Å². The number of hydrogen-bond donors (Lipinski definition) is 0. The van der Waals surface area contributed by atoms with Crippen molar-refractivity contribution in [2.24, 2.45) is 0 Å². The number of hydrogen-bond acceptors (Lipinski definition) is 3. The van der Waals surface area contributed by atoms with Crippen LogP contribution in [0.1, 0.15) is 5.56 Å². The molecule has 1 heterocycles. The standard InChI is InChI=1S/C10H5ClF3N3/c11-9-16-8(5-15-17-9)6-2-1-3-7(4-6)10(12,13)14/h1-5H. The first-order valence-electron chi connectivity index (χ1n) is 4.49. The van der Waals surface area contributed by atoms with Gasteiger partial charge in [-0.2, -0.15) is 18.3 Å². The van der Waals surface area contributed by atoms with Crippen LogP contribution < -0.4 is 0 Å². The number of benzene rings is 1. The molecule has 0 bridgehead atoms. The third kappa shape index (κ3) is 2.71. The zero-order chi connectivity index (χ0) is 12.5. The predicted molar refractivity (Wildman–Crippen MR) is 55.3 cm³/mol. The molecule has 0 aliphatic rings. The number of aromatic nitrogens is 3. The fourth-order valence-corrected chi connectivity index (χ4v) is 1.41. The van der Waals surface area contributed by atoms with Crippen molar-refractivity contribution in [1.82, 2.24) is 15.2 Å². The summed E-state index contributed by atoms with van der Waals surface area (Å²) in [7, 11) is 0. The molecule has 1 aromatic heterocycles. The predicted octanol–water partition coefficient (Wildman–Crippen LogP) is 3.21. The highest BCUT2D eigenvalue weighted by molar-refractivity contribution is 6.28. The first-order chi connectivity index (χ1) is 7.97. The molecule has 0 N–H and O–H groups in total. The minimum absolute atomic E-state index is 0.111.